The lowest BCUT2D eigenvalue weighted by Crippen LogP contribution is -2.16. The maximum absolute atomic E-state index is 10.3. The van der Waals surface area contributed by atoms with E-state index in [1.54, 1.807) is 13.1 Å². The van der Waals surface area contributed by atoms with Crippen LogP contribution in [0.3, 0.4) is 0 Å². The average Bonchev–Trinajstić information content (AvgIpc) is 1.91. The Morgan fingerprint density at radius 2 is 2.71 bits per heavy atom. The van der Waals surface area contributed by atoms with E-state index in [1.807, 2.05) is 0 Å². The van der Waals surface area contributed by atoms with Crippen molar-refractivity contribution >= 4 is 12.1 Å². The summed E-state index contributed by atoms with van der Waals surface area (Å²) >= 11 is 0. The molecule has 0 radical (unpaired) electrons. The molecule has 0 saturated heterocycles. The summed E-state index contributed by atoms with van der Waals surface area (Å²) in [6, 6.07) is 0. The molecular formula is C4H6N2O. The minimum atomic E-state index is -0.0278. The van der Waals surface area contributed by atoms with Gasteiger partial charge >= 0.3 is 0 Å². The second kappa shape index (κ2) is 1.33. The number of amides is 1. The van der Waals surface area contributed by atoms with E-state index in [-0.39, 0.29) is 11.8 Å². The van der Waals surface area contributed by atoms with Crippen LogP contribution >= 0.6 is 0 Å². The van der Waals surface area contributed by atoms with Crippen LogP contribution in [0.15, 0.2) is 5.10 Å². The first-order chi connectivity index (χ1) is 3.30. The molecular weight excluding hydrogens is 92.1 g/mol. The number of nitrogens with one attached hydrogen (secondary N) is 1. The van der Waals surface area contributed by atoms with Crippen molar-refractivity contribution in [2.24, 2.45) is 11.0 Å². The van der Waals surface area contributed by atoms with Crippen LogP contribution in [0.4, 0.5) is 0 Å². The fourth-order valence-electron chi connectivity index (χ4n) is 0.382. The molecule has 7 heavy (non-hydrogen) atoms. The molecule has 1 atom stereocenters. The molecule has 3 nitrogen and oxygen atoms in total. The Hall–Kier alpha value is -0.860. The van der Waals surface area contributed by atoms with E-state index in [9.17, 15) is 4.79 Å². The van der Waals surface area contributed by atoms with Gasteiger partial charge in [0.05, 0.1) is 5.92 Å². The molecule has 0 fully saturated rings. The topological polar surface area (TPSA) is 41.5 Å². The molecule has 1 aliphatic rings. The second-order valence-corrected chi connectivity index (χ2v) is 1.54. The van der Waals surface area contributed by atoms with E-state index in [1.165, 1.54) is 0 Å². The molecule has 1 aliphatic heterocycles. The molecule has 38 valence electrons. The molecule has 0 aromatic carbocycles. The Labute approximate surface area is 41.4 Å². The molecule has 0 aromatic rings. The summed E-state index contributed by atoms with van der Waals surface area (Å²) in [5.41, 5.74) is 2.30. The maximum atomic E-state index is 10.3. The molecule has 0 saturated carbocycles. The van der Waals surface area contributed by atoms with Gasteiger partial charge in [0.2, 0.25) is 5.91 Å². The molecule has 0 aliphatic carbocycles. The summed E-state index contributed by atoms with van der Waals surface area (Å²) in [6.45, 7) is 1.80. The molecule has 1 rings (SSSR count). The molecule has 1 N–H and O–H groups in total. The van der Waals surface area contributed by atoms with E-state index >= 15 is 0 Å². The van der Waals surface area contributed by atoms with Crippen LogP contribution in [0.1, 0.15) is 6.92 Å². The summed E-state index contributed by atoms with van der Waals surface area (Å²) in [5.74, 6) is -0.0417. The molecule has 1 amide bonds. The van der Waals surface area contributed by atoms with Crippen LogP contribution in [0.25, 0.3) is 0 Å². The van der Waals surface area contributed by atoms with Crippen molar-refractivity contribution in [1.82, 2.24) is 5.43 Å². The molecule has 0 aromatic heterocycles. The highest BCUT2D eigenvalue weighted by Gasteiger charge is 2.13. The van der Waals surface area contributed by atoms with Gasteiger partial charge in [0.15, 0.2) is 0 Å². The highest BCUT2D eigenvalue weighted by atomic mass is 16.2. The van der Waals surface area contributed by atoms with E-state index in [4.69, 9.17) is 0 Å². The number of hydrogen-bond acceptors (Lipinski definition) is 2. The van der Waals surface area contributed by atoms with E-state index in [2.05, 4.69) is 10.5 Å². The van der Waals surface area contributed by atoms with Gasteiger partial charge in [-0.25, -0.2) is 5.43 Å². The fraction of sp³-hybridized carbons (Fsp3) is 0.500. The summed E-state index contributed by atoms with van der Waals surface area (Å²) in [7, 11) is 0. The Morgan fingerprint density at radius 1 is 2.00 bits per heavy atom. The lowest BCUT2D eigenvalue weighted by atomic mass is 10.2. The predicted molar refractivity (Wildman–Crippen MR) is 25.8 cm³/mol. The smallest absolute Gasteiger partial charge is 0.248 e. The molecule has 0 unspecified atom stereocenters. The van der Waals surface area contributed by atoms with Crippen LogP contribution < -0.4 is 5.43 Å². The fourth-order valence-corrected chi connectivity index (χ4v) is 0.382. The van der Waals surface area contributed by atoms with E-state index < -0.39 is 0 Å². The monoisotopic (exact) mass is 98.0 g/mol. The third-order valence-corrected chi connectivity index (χ3v) is 0.886. The summed E-state index contributed by atoms with van der Waals surface area (Å²) < 4.78 is 0. The standard InChI is InChI=1S/C4H6N2O/c1-3-2-5-6-4(3)7/h2-3H,1H3,(H,6,7)/t3-/m0/s1. The lowest BCUT2D eigenvalue weighted by molar-refractivity contribution is -0.121. The highest BCUT2D eigenvalue weighted by Crippen LogP contribution is 1.94. The van der Waals surface area contributed by atoms with Crippen molar-refractivity contribution in [1.29, 1.82) is 0 Å². The van der Waals surface area contributed by atoms with Gasteiger partial charge < -0.3 is 0 Å². The van der Waals surface area contributed by atoms with Crippen LogP contribution in [0.2, 0.25) is 0 Å². The third-order valence-electron chi connectivity index (χ3n) is 0.886. The number of carbonyl (C=O) groups excluding carboxylic acids is 1. The molecule has 3 heteroatoms. The average molecular weight is 98.1 g/mol. The molecule has 1 heterocycles. The van der Waals surface area contributed by atoms with Gasteiger partial charge in [-0.2, -0.15) is 5.10 Å². The van der Waals surface area contributed by atoms with Crippen molar-refractivity contribution in [2.45, 2.75) is 6.92 Å². The Morgan fingerprint density at radius 3 is 2.86 bits per heavy atom. The number of hydrogen-bond donors (Lipinski definition) is 1. The summed E-state index contributed by atoms with van der Waals surface area (Å²) in [5, 5.41) is 3.52. The number of carbonyl (C=O) groups is 1. The zero-order valence-electron chi connectivity index (χ0n) is 4.01. The highest BCUT2D eigenvalue weighted by molar-refractivity contribution is 5.96. The van der Waals surface area contributed by atoms with Crippen LogP contribution in [-0.2, 0) is 4.79 Å². The Bertz CT molecular complexity index is 119. The summed E-state index contributed by atoms with van der Waals surface area (Å²) in [4.78, 5) is 10.3. The van der Waals surface area contributed by atoms with Crippen LogP contribution in [0, 0.1) is 5.92 Å². The predicted octanol–water partition coefficient (Wildman–Crippen LogP) is -0.262. The van der Waals surface area contributed by atoms with Crippen molar-refractivity contribution in [3.05, 3.63) is 0 Å². The van der Waals surface area contributed by atoms with Gasteiger partial charge in [-0.15, -0.1) is 0 Å². The third kappa shape index (κ3) is 0.607. The SMILES string of the molecule is C[C@H]1C=NNC1=O. The quantitative estimate of drug-likeness (QED) is 0.445. The van der Waals surface area contributed by atoms with Crippen molar-refractivity contribution in [2.75, 3.05) is 0 Å². The van der Waals surface area contributed by atoms with Gasteiger partial charge in [0.1, 0.15) is 0 Å². The van der Waals surface area contributed by atoms with Crippen LogP contribution in [0.5, 0.6) is 0 Å². The minimum Gasteiger partial charge on any atom is -0.272 e. The first-order valence-electron chi connectivity index (χ1n) is 2.14. The first kappa shape index (κ1) is 4.30. The number of nitrogens with zero attached hydrogens (tertiary/aromatic N) is 1. The molecule has 0 bridgehead atoms. The van der Waals surface area contributed by atoms with Crippen molar-refractivity contribution in [3.63, 3.8) is 0 Å². The van der Waals surface area contributed by atoms with E-state index in [0.717, 1.165) is 0 Å². The normalized spacial score (nSPS) is 28.1. The van der Waals surface area contributed by atoms with Gasteiger partial charge in [-0.3, -0.25) is 4.79 Å². The Balaban J connectivity index is 2.62. The number of hydrazone groups is 1. The zero-order chi connectivity index (χ0) is 5.28. The lowest BCUT2D eigenvalue weighted by Gasteiger charge is -1.87. The second-order valence-electron chi connectivity index (χ2n) is 1.54. The number of rotatable bonds is 0. The van der Waals surface area contributed by atoms with Crippen molar-refractivity contribution in [3.8, 4) is 0 Å². The zero-order valence-corrected chi connectivity index (χ0v) is 4.01. The maximum Gasteiger partial charge on any atom is 0.248 e. The van der Waals surface area contributed by atoms with Gasteiger partial charge in [0.25, 0.3) is 0 Å². The minimum absolute atomic E-state index is 0.0139. The Kier molecular flexibility index (Phi) is 0.817. The summed E-state index contributed by atoms with van der Waals surface area (Å²) in [6.07, 6.45) is 1.59. The molecule has 0 spiro atoms. The van der Waals surface area contributed by atoms with Gasteiger partial charge in [0, 0.05) is 6.21 Å². The van der Waals surface area contributed by atoms with Gasteiger partial charge in [-0.1, -0.05) is 0 Å². The van der Waals surface area contributed by atoms with E-state index in [0.29, 0.717) is 0 Å². The largest absolute Gasteiger partial charge is 0.272 e. The van der Waals surface area contributed by atoms with Crippen LogP contribution in [-0.4, -0.2) is 12.1 Å². The first-order valence-corrected chi connectivity index (χ1v) is 2.14. The van der Waals surface area contributed by atoms with Crippen molar-refractivity contribution < 1.29 is 4.79 Å². The van der Waals surface area contributed by atoms with Gasteiger partial charge in [-0.05, 0) is 6.92 Å².